The molecule has 3 amide bonds. The van der Waals surface area contributed by atoms with Gasteiger partial charge in [0, 0.05) is 33.1 Å². The second kappa shape index (κ2) is 11.3. The molecule has 0 aliphatic rings. The van der Waals surface area contributed by atoms with Gasteiger partial charge in [-0.25, -0.2) is 14.2 Å². The Morgan fingerprint density at radius 3 is 2.67 bits per heavy atom. The molecule has 0 atom stereocenters. The van der Waals surface area contributed by atoms with Crippen LogP contribution >= 0.6 is 11.3 Å². The van der Waals surface area contributed by atoms with Crippen LogP contribution in [0, 0.1) is 5.82 Å². The van der Waals surface area contributed by atoms with Crippen LogP contribution in [0.2, 0.25) is 0 Å². The molecule has 0 aliphatic heterocycles. The van der Waals surface area contributed by atoms with E-state index in [0.29, 0.717) is 33.5 Å². The van der Waals surface area contributed by atoms with E-state index in [2.05, 4.69) is 31.1 Å². The quantitative estimate of drug-likeness (QED) is 0.437. The third-order valence-corrected chi connectivity index (χ3v) is 5.14. The highest BCUT2D eigenvalue weighted by Crippen LogP contribution is 2.18. The van der Waals surface area contributed by atoms with Gasteiger partial charge in [-0.3, -0.25) is 10.1 Å². The zero-order chi connectivity index (χ0) is 23.8. The first-order valence-electron chi connectivity index (χ1n) is 9.90. The number of nitrogens with zero attached hydrogens (tertiary/aromatic N) is 4. The van der Waals surface area contributed by atoms with Crippen LogP contribution in [0.4, 0.5) is 20.1 Å². The Morgan fingerprint density at radius 1 is 1.12 bits per heavy atom. The number of ether oxygens (including phenoxy) is 1. The maximum Gasteiger partial charge on any atom is 0.321 e. The van der Waals surface area contributed by atoms with Crippen LogP contribution in [0.5, 0.6) is 0 Å². The highest BCUT2D eigenvalue weighted by atomic mass is 32.1. The molecule has 0 bridgehead atoms. The van der Waals surface area contributed by atoms with Crippen molar-refractivity contribution in [2.75, 3.05) is 31.4 Å². The second-order valence-electron chi connectivity index (χ2n) is 7.16. The Balaban J connectivity index is 1.55. The van der Waals surface area contributed by atoms with Crippen molar-refractivity contribution in [2.45, 2.75) is 19.7 Å². The standard InChI is InChI=1S/C21H24FN7O3S/c1-29(2)18-17(8-15(11-32-3)27-28-18)19(30)23-10-16-12-33-21(25-16)26-20(31)24-9-13-5-4-6-14(22)7-13/h4-8,12H,9-11H2,1-3H3,(H,23,30)(H2,24,25,26,31). The van der Waals surface area contributed by atoms with Crippen LogP contribution in [0.3, 0.4) is 0 Å². The summed E-state index contributed by atoms with van der Waals surface area (Å²) in [4.78, 5) is 30.8. The van der Waals surface area contributed by atoms with Gasteiger partial charge in [0.15, 0.2) is 10.9 Å². The predicted molar refractivity (Wildman–Crippen MR) is 123 cm³/mol. The number of urea groups is 1. The summed E-state index contributed by atoms with van der Waals surface area (Å²) in [5.41, 5.74) is 2.13. The Hall–Kier alpha value is -3.64. The summed E-state index contributed by atoms with van der Waals surface area (Å²) < 4.78 is 18.3. The molecule has 0 unspecified atom stereocenters. The minimum absolute atomic E-state index is 0.163. The van der Waals surface area contributed by atoms with E-state index in [1.54, 1.807) is 42.6 Å². The topological polar surface area (TPSA) is 121 Å². The van der Waals surface area contributed by atoms with Crippen molar-refractivity contribution in [1.29, 1.82) is 0 Å². The largest absolute Gasteiger partial charge is 0.378 e. The van der Waals surface area contributed by atoms with Crippen molar-refractivity contribution < 1.29 is 18.7 Å². The van der Waals surface area contributed by atoms with Crippen LogP contribution in [0.25, 0.3) is 0 Å². The molecule has 0 fully saturated rings. The molecule has 174 valence electrons. The first-order chi connectivity index (χ1) is 15.9. The Labute approximate surface area is 194 Å². The monoisotopic (exact) mass is 473 g/mol. The molecule has 3 N–H and O–H groups in total. The summed E-state index contributed by atoms with van der Waals surface area (Å²) in [6, 6.07) is 7.15. The maximum absolute atomic E-state index is 13.2. The van der Waals surface area contributed by atoms with Crippen LogP contribution < -0.4 is 20.9 Å². The lowest BCUT2D eigenvalue weighted by Crippen LogP contribution is -2.28. The summed E-state index contributed by atoms with van der Waals surface area (Å²) in [5, 5.41) is 18.3. The van der Waals surface area contributed by atoms with Crippen molar-refractivity contribution in [2.24, 2.45) is 0 Å². The zero-order valence-electron chi connectivity index (χ0n) is 18.4. The molecule has 2 heterocycles. The van der Waals surface area contributed by atoms with E-state index in [1.165, 1.54) is 30.6 Å². The molecule has 0 aliphatic carbocycles. The smallest absolute Gasteiger partial charge is 0.321 e. The fourth-order valence-corrected chi connectivity index (χ4v) is 3.53. The van der Waals surface area contributed by atoms with Gasteiger partial charge >= 0.3 is 6.03 Å². The number of hydrogen-bond acceptors (Lipinski definition) is 8. The van der Waals surface area contributed by atoms with Gasteiger partial charge in [0.05, 0.1) is 30.1 Å². The summed E-state index contributed by atoms with van der Waals surface area (Å²) in [7, 11) is 5.08. The number of methoxy groups -OCH3 is 1. The van der Waals surface area contributed by atoms with Crippen molar-refractivity contribution in [3.05, 3.63) is 64.0 Å². The Morgan fingerprint density at radius 2 is 1.94 bits per heavy atom. The predicted octanol–water partition coefficient (Wildman–Crippen LogP) is 2.54. The molecular formula is C21H24FN7O3S. The van der Waals surface area contributed by atoms with Gasteiger partial charge in [-0.15, -0.1) is 16.4 Å². The van der Waals surface area contributed by atoms with Crippen LogP contribution in [-0.4, -0.2) is 48.3 Å². The summed E-state index contributed by atoms with van der Waals surface area (Å²) >= 11 is 1.23. The number of amides is 3. The first-order valence-corrected chi connectivity index (χ1v) is 10.8. The third-order valence-electron chi connectivity index (χ3n) is 4.33. The van der Waals surface area contributed by atoms with E-state index >= 15 is 0 Å². The molecule has 0 saturated heterocycles. The number of aromatic nitrogens is 3. The van der Waals surface area contributed by atoms with E-state index in [0.717, 1.165) is 0 Å². The van der Waals surface area contributed by atoms with Crippen LogP contribution in [0.15, 0.2) is 35.7 Å². The number of hydrogen-bond donors (Lipinski definition) is 3. The van der Waals surface area contributed by atoms with Crippen molar-refractivity contribution >= 4 is 34.2 Å². The summed E-state index contributed by atoms with van der Waals surface area (Å²) in [6.45, 7) is 0.581. The second-order valence-corrected chi connectivity index (χ2v) is 8.02. The van der Waals surface area contributed by atoms with Gasteiger partial charge in [0.2, 0.25) is 0 Å². The minimum Gasteiger partial charge on any atom is -0.378 e. The van der Waals surface area contributed by atoms with Crippen molar-refractivity contribution in [3.8, 4) is 0 Å². The number of benzene rings is 1. The highest BCUT2D eigenvalue weighted by molar-refractivity contribution is 7.13. The fourth-order valence-electron chi connectivity index (χ4n) is 2.82. The van der Waals surface area contributed by atoms with Gasteiger partial charge in [0.25, 0.3) is 5.91 Å². The van der Waals surface area contributed by atoms with E-state index < -0.39 is 6.03 Å². The SMILES string of the molecule is COCc1cc(C(=O)NCc2csc(NC(=O)NCc3cccc(F)c3)n2)c(N(C)C)nn1. The molecule has 1 aromatic carbocycles. The minimum atomic E-state index is -0.464. The lowest BCUT2D eigenvalue weighted by molar-refractivity contribution is 0.0950. The van der Waals surface area contributed by atoms with E-state index in [9.17, 15) is 14.0 Å². The van der Waals surface area contributed by atoms with Crippen molar-refractivity contribution in [1.82, 2.24) is 25.8 Å². The number of nitrogens with one attached hydrogen (secondary N) is 3. The number of carbonyl (C=O) groups is 2. The highest BCUT2D eigenvalue weighted by Gasteiger charge is 2.17. The molecule has 3 rings (SSSR count). The number of carbonyl (C=O) groups excluding carboxylic acids is 2. The van der Waals surface area contributed by atoms with Crippen LogP contribution in [-0.2, 0) is 24.4 Å². The fraction of sp³-hybridized carbons (Fsp3) is 0.286. The van der Waals surface area contributed by atoms with E-state index in [4.69, 9.17) is 4.74 Å². The van der Waals surface area contributed by atoms with E-state index in [-0.39, 0.29) is 31.4 Å². The lowest BCUT2D eigenvalue weighted by atomic mass is 10.2. The van der Waals surface area contributed by atoms with Gasteiger partial charge < -0.3 is 20.3 Å². The van der Waals surface area contributed by atoms with Gasteiger partial charge in [-0.05, 0) is 23.8 Å². The molecular weight excluding hydrogens is 449 g/mol. The molecule has 0 radical (unpaired) electrons. The number of rotatable bonds is 9. The lowest BCUT2D eigenvalue weighted by Gasteiger charge is -2.15. The number of anilines is 2. The molecule has 12 heteroatoms. The van der Waals surface area contributed by atoms with Gasteiger partial charge in [-0.2, -0.15) is 5.10 Å². The maximum atomic E-state index is 13.2. The average molecular weight is 474 g/mol. The number of halogens is 1. The van der Waals surface area contributed by atoms with Gasteiger partial charge in [0.1, 0.15) is 5.82 Å². The Kier molecular flexibility index (Phi) is 8.22. The number of thiazole rings is 1. The third kappa shape index (κ3) is 6.92. The zero-order valence-corrected chi connectivity index (χ0v) is 19.2. The first kappa shape index (κ1) is 24.0. The van der Waals surface area contributed by atoms with Gasteiger partial charge in [-0.1, -0.05) is 12.1 Å². The average Bonchev–Trinajstić information content (AvgIpc) is 3.23. The molecule has 2 aromatic heterocycles. The molecule has 0 spiro atoms. The van der Waals surface area contributed by atoms with Crippen LogP contribution in [0.1, 0.15) is 27.3 Å². The normalized spacial score (nSPS) is 10.5. The Bertz CT molecular complexity index is 1120. The molecule has 0 saturated carbocycles. The molecule has 3 aromatic rings. The summed E-state index contributed by atoms with van der Waals surface area (Å²) in [6.07, 6.45) is 0. The molecule has 10 nitrogen and oxygen atoms in total. The molecule has 33 heavy (non-hydrogen) atoms. The van der Waals surface area contributed by atoms with Crippen molar-refractivity contribution in [3.63, 3.8) is 0 Å². The summed E-state index contributed by atoms with van der Waals surface area (Å²) in [5.74, 6) is -0.263. The van der Waals surface area contributed by atoms with E-state index in [1.807, 2.05) is 0 Å².